The van der Waals surface area contributed by atoms with E-state index in [0.29, 0.717) is 6.54 Å². The first-order valence-corrected chi connectivity index (χ1v) is 8.23. The molecule has 1 unspecified atom stereocenters. The lowest BCUT2D eigenvalue weighted by atomic mass is 10.1. The van der Waals surface area contributed by atoms with Crippen molar-refractivity contribution in [1.82, 2.24) is 4.90 Å². The van der Waals surface area contributed by atoms with Crippen LogP contribution in [0.15, 0.2) is 51.4 Å². The molecule has 0 amide bonds. The van der Waals surface area contributed by atoms with E-state index in [0.717, 1.165) is 22.0 Å². The maximum Gasteiger partial charge on any atom is 0.0477 e. The van der Waals surface area contributed by atoms with E-state index in [2.05, 4.69) is 79.2 Å². The van der Waals surface area contributed by atoms with E-state index >= 15 is 0 Å². The van der Waals surface area contributed by atoms with E-state index in [1.54, 1.807) is 0 Å². The summed E-state index contributed by atoms with van der Waals surface area (Å²) in [6, 6.07) is 15.3. The van der Waals surface area contributed by atoms with Crippen LogP contribution in [0.3, 0.4) is 0 Å². The number of nitrogens with two attached hydrogens (primary N) is 1. The van der Waals surface area contributed by atoms with Crippen molar-refractivity contribution in [2.75, 3.05) is 6.54 Å². The predicted octanol–water partition coefficient (Wildman–Crippen LogP) is 4.23. The highest BCUT2D eigenvalue weighted by Gasteiger charge is 2.26. The minimum Gasteiger partial charge on any atom is -0.329 e. The molecule has 1 aliphatic rings. The molecule has 3 rings (SSSR count). The SMILES string of the molecule is NCC(c1ccc(Br)c(Br)c1)N1Cc2ccccc2C1. The summed E-state index contributed by atoms with van der Waals surface area (Å²) >= 11 is 7.09. The molecule has 0 saturated heterocycles. The van der Waals surface area contributed by atoms with Crippen molar-refractivity contribution in [2.45, 2.75) is 19.1 Å². The first-order valence-electron chi connectivity index (χ1n) is 6.65. The molecule has 0 aromatic heterocycles. The highest BCUT2D eigenvalue weighted by Crippen LogP contribution is 2.33. The van der Waals surface area contributed by atoms with Crippen molar-refractivity contribution < 1.29 is 0 Å². The number of halogens is 2. The first kappa shape index (κ1) is 14.3. The van der Waals surface area contributed by atoms with E-state index in [9.17, 15) is 0 Å². The molecule has 0 aliphatic carbocycles. The van der Waals surface area contributed by atoms with Crippen LogP contribution in [0, 0.1) is 0 Å². The molecule has 2 N–H and O–H groups in total. The zero-order valence-corrected chi connectivity index (χ0v) is 14.2. The van der Waals surface area contributed by atoms with Gasteiger partial charge in [0.05, 0.1) is 0 Å². The third-order valence-electron chi connectivity index (χ3n) is 3.86. The van der Waals surface area contributed by atoms with Gasteiger partial charge in [-0.05, 0) is 60.7 Å². The zero-order valence-electron chi connectivity index (χ0n) is 11.0. The van der Waals surface area contributed by atoms with Gasteiger partial charge in [0, 0.05) is 34.6 Å². The average molecular weight is 396 g/mol. The van der Waals surface area contributed by atoms with Crippen LogP contribution in [0.1, 0.15) is 22.7 Å². The summed E-state index contributed by atoms with van der Waals surface area (Å²) < 4.78 is 2.15. The molecule has 2 nitrogen and oxygen atoms in total. The van der Waals surface area contributed by atoms with Gasteiger partial charge >= 0.3 is 0 Å². The van der Waals surface area contributed by atoms with Crippen molar-refractivity contribution in [3.8, 4) is 0 Å². The van der Waals surface area contributed by atoms with Crippen molar-refractivity contribution in [2.24, 2.45) is 5.73 Å². The Balaban J connectivity index is 1.87. The molecule has 1 atom stereocenters. The molecule has 2 aromatic rings. The molecule has 4 heteroatoms. The van der Waals surface area contributed by atoms with Crippen LogP contribution in [0.25, 0.3) is 0 Å². The van der Waals surface area contributed by atoms with Crippen LogP contribution < -0.4 is 5.73 Å². The van der Waals surface area contributed by atoms with Gasteiger partial charge in [0.2, 0.25) is 0 Å². The Labute approximate surface area is 136 Å². The monoisotopic (exact) mass is 394 g/mol. The fourth-order valence-electron chi connectivity index (χ4n) is 2.80. The summed E-state index contributed by atoms with van der Waals surface area (Å²) in [5.41, 5.74) is 10.1. The number of rotatable bonds is 3. The molecular formula is C16H16Br2N2. The molecule has 1 heterocycles. The van der Waals surface area contributed by atoms with Gasteiger partial charge in [-0.1, -0.05) is 30.3 Å². The molecule has 104 valence electrons. The van der Waals surface area contributed by atoms with E-state index in [4.69, 9.17) is 5.73 Å². The Bertz CT molecular complexity index is 603. The molecule has 1 aliphatic heterocycles. The number of fused-ring (bicyclic) bond motifs is 1. The molecule has 2 aromatic carbocycles. The van der Waals surface area contributed by atoms with Gasteiger partial charge in [0.15, 0.2) is 0 Å². The lowest BCUT2D eigenvalue weighted by Gasteiger charge is -2.27. The Hall–Kier alpha value is -0.680. The lowest BCUT2D eigenvalue weighted by Crippen LogP contribution is -2.29. The zero-order chi connectivity index (χ0) is 14.1. The molecule has 20 heavy (non-hydrogen) atoms. The number of hydrogen-bond acceptors (Lipinski definition) is 2. The van der Waals surface area contributed by atoms with Gasteiger partial charge in [-0.2, -0.15) is 0 Å². The molecule has 0 saturated carbocycles. The highest BCUT2D eigenvalue weighted by molar-refractivity contribution is 9.13. The van der Waals surface area contributed by atoms with Gasteiger partial charge < -0.3 is 5.73 Å². The molecule has 0 radical (unpaired) electrons. The minimum absolute atomic E-state index is 0.256. The molecule has 0 bridgehead atoms. The van der Waals surface area contributed by atoms with Crippen molar-refractivity contribution >= 4 is 31.9 Å². The Morgan fingerprint density at radius 1 is 1.00 bits per heavy atom. The van der Waals surface area contributed by atoms with Crippen LogP contribution in [0.5, 0.6) is 0 Å². The lowest BCUT2D eigenvalue weighted by molar-refractivity contribution is 0.205. The second-order valence-electron chi connectivity index (χ2n) is 5.10. The van der Waals surface area contributed by atoms with Gasteiger partial charge in [0.25, 0.3) is 0 Å². The summed E-state index contributed by atoms with van der Waals surface area (Å²) in [6.07, 6.45) is 0. The van der Waals surface area contributed by atoms with Crippen molar-refractivity contribution in [1.29, 1.82) is 0 Å². The molecule has 0 fully saturated rings. The maximum absolute atomic E-state index is 6.04. The Morgan fingerprint density at radius 3 is 2.20 bits per heavy atom. The van der Waals surface area contributed by atoms with E-state index in [1.807, 2.05) is 0 Å². The second-order valence-corrected chi connectivity index (χ2v) is 6.81. The largest absolute Gasteiger partial charge is 0.329 e. The van der Waals surface area contributed by atoms with Crippen molar-refractivity contribution in [3.05, 3.63) is 68.1 Å². The van der Waals surface area contributed by atoms with Gasteiger partial charge in [-0.3, -0.25) is 4.90 Å². The fourth-order valence-corrected chi connectivity index (χ4v) is 3.44. The standard InChI is InChI=1S/C16H16Br2N2/c17-14-6-5-11(7-15(14)18)16(8-19)20-9-12-3-1-2-4-13(12)10-20/h1-7,16H,8-10,19H2. The second kappa shape index (κ2) is 5.98. The maximum atomic E-state index is 6.04. The summed E-state index contributed by atoms with van der Waals surface area (Å²) in [5, 5.41) is 0. The third kappa shape index (κ3) is 2.70. The number of benzene rings is 2. The third-order valence-corrected chi connectivity index (χ3v) is 5.74. The minimum atomic E-state index is 0.256. The van der Waals surface area contributed by atoms with E-state index in [1.165, 1.54) is 16.7 Å². The van der Waals surface area contributed by atoms with Crippen LogP contribution in [-0.4, -0.2) is 11.4 Å². The highest BCUT2D eigenvalue weighted by atomic mass is 79.9. The Kier molecular flexibility index (Phi) is 4.26. The van der Waals surface area contributed by atoms with Crippen LogP contribution in [0.4, 0.5) is 0 Å². The van der Waals surface area contributed by atoms with Gasteiger partial charge in [0.1, 0.15) is 0 Å². The fraction of sp³-hybridized carbons (Fsp3) is 0.250. The van der Waals surface area contributed by atoms with Crippen LogP contribution in [0.2, 0.25) is 0 Å². The summed E-state index contributed by atoms with van der Waals surface area (Å²) in [4.78, 5) is 2.44. The number of nitrogens with zero attached hydrogens (tertiary/aromatic N) is 1. The topological polar surface area (TPSA) is 29.3 Å². The first-order chi connectivity index (χ1) is 9.69. The van der Waals surface area contributed by atoms with Gasteiger partial charge in [-0.15, -0.1) is 0 Å². The van der Waals surface area contributed by atoms with Crippen molar-refractivity contribution in [3.63, 3.8) is 0 Å². The summed E-state index contributed by atoms with van der Waals surface area (Å²) in [7, 11) is 0. The normalized spacial score (nSPS) is 16.1. The smallest absolute Gasteiger partial charge is 0.0477 e. The van der Waals surface area contributed by atoms with Crippen LogP contribution in [-0.2, 0) is 13.1 Å². The average Bonchev–Trinajstić information content (AvgIpc) is 2.87. The van der Waals surface area contributed by atoms with Gasteiger partial charge in [-0.25, -0.2) is 0 Å². The predicted molar refractivity (Wildman–Crippen MR) is 89.3 cm³/mol. The molecular weight excluding hydrogens is 380 g/mol. The summed E-state index contributed by atoms with van der Waals surface area (Å²) in [6.45, 7) is 2.58. The number of hydrogen-bond donors (Lipinski definition) is 1. The summed E-state index contributed by atoms with van der Waals surface area (Å²) in [5.74, 6) is 0. The Morgan fingerprint density at radius 2 is 1.65 bits per heavy atom. The van der Waals surface area contributed by atoms with E-state index in [-0.39, 0.29) is 6.04 Å². The van der Waals surface area contributed by atoms with E-state index < -0.39 is 0 Å². The van der Waals surface area contributed by atoms with Crippen LogP contribution >= 0.6 is 31.9 Å². The quantitative estimate of drug-likeness (QED) is 0.842. The molecule has 0 spiro atoms.